The monoisotopic (exact) mass is 328 g/mol. The summed E-state index contributed by atoms with van der Waals surface area (Å²) in [4.78, 5) is 10.4. The Morgan fingerprint density at radius 3 is 2.36 bits per heavy atom. The number of carboxylic acid groups (broad SMARTS) is 1. The van der Waals surface area contributed by atoms with Crippen LogP contribution >= 0.6 is 11.8 Å². The summed E-state index contributed by atoms with van der Waals surface area (Å²) in [5, 5.41) is 8.54. The SMILES string of the molecule is C.C.C=Cc1ccccc1.CCOCCSCC(C)C(=O)O. The van der Waals surface area contributed by atoms with Crippen LogP contribution in [-0.2, 0) is 9.53 Å². The summed E-state index contributed by atoms with van der Waals surface area (Å²) >= 11 is 1.62. The number of carbonyl (C=O) groups is 1. The second kappa shape index (κ2) is 17.8. The lowest BCUT2D eigenvalue weighted by atomic mass is 10.2. The van der Waals surface area contributed by atoms with Gasteiger partial charge in [0.15, 0.2) is 0 Å². The van der Waals surface area contributed by atoms with Crippen LogP contribution in [0.25, 0.3) is 6.08 Å². The average molecular weight is 329 g/mol. The first kappa shape index (κ1) is 25.7. The van der Waals surface area contributed by atoms with Crippen LogP contribution < -0.4 is 0 Å². The maximum Gasteiger partial charge on any atom is 0.307 e. The van der Waals surface area contributed by atoms with Gasteiger partial charge >= 0.3 is 5.97 Å². The van der Waals surface area contributed by atoms with Gasteiger partial charge < -0.3 is 9.84 Å². The van der Waals surface area contributed by atoms with E-state index in [4.69, 9.17) is 9.84 Å². The van der Waals surface area contributed by atoms with Crippen molar-refractivity contribution in [2.24, 2.45) is 5.92 Å². The molecule has 1 rings (SSSR count). The summed E-state index contributed by atoms with van der Waals surface area (Å²) in [6.45, 7) is 8.75. The van der Waals surface area contributed by atoms with Crippen molar-refractivity contribution in [1.82, 2.24) is 0 Å². The van der Waals surface area contributed by atoms with Crippen molar-refractivity contribution in [3.63, 3.8) is 0 Å². The van der Waals surface area contributed by atoms with Crippen LogP contribution in [0.5, 0.6) is 0 Å². The maximum absolute atomic E-state index is 10.4. The molecule has 0 fully saturated rings. The summed E-state index contributed by atoms with van der Waals surface area (Å²) in [5.41, 5.74) is 1.17. The number of aliphatic carboxylic acids is 1. The third-order valence-corrected chi connectivity index (χ3v) is 3.59. The number of thioether (sulfide) groups is 1. The standard InChI is InChI=1S/C8H16O3S.C8H8.2CH4/c1-3-11-4-5-12-6-7(2)8(9)10;1-2-8-6-4-3-5-7-8;;/h7H,3-6H2,1-2H3,(H,9,10);2-7H,1H2;2*1H4. The van der Waals surface area contributed by atoms with E-state index in [1.54, 1.807) is 18.7 Å². The highest BCUT2D eigenvalue weighted by Gasteiger charge is 2.09. The fourth-order valence-corrected chi connectivity index (χ4v) is 2.08. The molecule has 0 aliphatic heterocycles. The number of benzene rings is 1. The fourth-order valence-electron chi connectivity index (χ4n) is 1.18. The third-order valence-electron chi connectivity index (χ3n) is 2.40. The molecule has 128 valence electrons. The van der Waals surface area contributed by atoms with Crippen LogP contribution in [0.2, 0.25) is 0 Å². The lowest BCUT2D eigenvalue weighted by Crippen LogP contribution is -2.12. The van der Waals surface area contributed by atoms with Crippen molar-refractivity contribution in [3.8, 4) is 0 Å². The first-order valence-electron chi connectivity index (χ1n) is 6.67. The van der Waals surface area contributed by atoms with Gasteiger partial charge in [-0.25, -0.2) is 0 Å². The normalized spacial score (nSPS) is 10.1. The van der Waals surface area contributed by atoms with Crippen LogP contribution in [-0.4, -0.2) is 35.8 Å². The van der Waals surface area contributed by atoms with E-state index < -0.39 is 5.97 Å². The first-order chi connectivity index (χ1) is 9.61. The highest BCUT2D eigenvalue weighted by atomic mass is 32.2. The molecule has 0 saturated heterocycles. The Labute approximate surface area is 140 Å². The molecule has 1 aromatic rings. The Hall–Kier alpha value is -1.26. The fraction of sp³-hybridized carbons (Fsp3) is 0.500. The van der Waals surface area contributed by atoms with Crippen LogP contribution in [0.1, 0.15) is 34.3 Å². The zero-order valence-electron chi connectivity index (χ0n) is 12.2. The summed E-state index contributed by atoms with van der Waals surface area (Å²) < 4.78 is 5.11. The molecule has 0 heterocycles. The Balaban J connectivity index is -0.000000318. The molecule has 0 bridgehead atoms. The van der Waals surface area contributed by atoms with E-state index in [9.17, 15) is 4.79 Å². The van der Waals surface area contributed by atoms with Crippen molar-refractivity contribution >= 4 is 23.8 Å². The van der Waals surface area contributed by atoms with Crippen molar-refractivity contribution in [3.05, 3.63) is 42.5 Å². The number of carboxylic acids is 1. The van der Waals surface area contributed by atoms with Gasteiger partial charge in [0.2, 0.25) is 0 Å². The third kappa shape index (κ3) is 15.1. The summed E-state index contributed by atoms with van der Waals surface area (Å²) in [6.07, 6.45) is 1.83. The second-order valence-corrected chi connectivity index (χ2v) is 5.28. The number of ether oxygens (including phenoxy) is 1. The van der Waals surface area contributed by atoms with Gasteiger partial charge in [-0.1, -0.05) is 64.8 Å². The molecule has 1 N–H and O–H groups in total. The van der Waals surface area contributed by atoms with E-state index in [1.165, 1.54) is 5.56 Å². The number of rotatable bonds is 8. The quantitative estimate of drug-likeness (QED) is 0.676. The molecule has 22 heavy (non-hydrogen) atoms. The molecule has 4 heteroatoms. The van der Waals surface area contributed by atoms with Crippen molar-refractivity contribution in [2.75, 3.05) is 24.7 Å². The van der Waals surface area contributed by atoms with Gasteiger partial charge in [-0.2, -0.15) is 11.8 Å². The van der Waals surface area contributed by atoms with E-state index >= 15 is 0 Å². The smallest absolute Gasteiger partial charge is 0.307 e. The zero-order chi connectivity index (χ0) is 15.2. The first-order valence-corrected chi connectivity index (χ1v) is 7.83. The minimum Gasteiger partial charge on any atom is -0.481 e. The predicted octanol–water partition coefficient (Wildman–Crippen LogP) is 5.08. The number of hydrogen-bond acceptors (Lipinski definition) is 3. The predicted molar refractivity (Wildman–Crippen MR) is 101 cm³/mol. The van der Waals surface area contributed by atoms with Gasteiger partial charge in [-0.05, 0) is 12.5 Å². The molecule has 0 amide bonds. The van der Waals surface area contributed by atoms with Crippen LogP contribution in [0.15, 0.2) is 36.9 Å². The largest absolute Gasteiger partial charge is 0.481 e. The lowest BCUT2D eigenvalue weighted by molar-refractivity contribution is -0.140. The van der Waals surface area contributed by atoms with Crippen LogP contribution in [0, 0.1) is 5.92 Å². The zero-order valence-corrected chi connectivity index (χ0v) is 13.1. The Bertz CT molecular complexity index is 366. The van der Waals surface area contributed by atoms with Gasteiger partial charge in [0.1, 0.15) is 0 Å². The molecular weight excluding hydrogens is 296 g/mol. The van der Waals surface area contributed by atoms with Crippen molar-refractivity contribution in [2.45, 2.75) is 28.7 Å². The minimum absolute atomic E-state index is 0. The molecule has 3 nitrogen and oxygen atoms in total. The molecule has 0 aliphatic rings. The highest BCUT2D eigenvalue weighted by molar-refractivity contribution is 7.99. The second-order valence-electron chi connectivity index (χ2n) is 4.13. The van der Waals surface area contributed by atoms with E-state index in [-0.39, 0.29) is 20.8 Å². The molecule has 0 saturated carbocycles. The van der Waals surface area contributed by atoms with E-state index in [1.807, 2.05) is 43.3 Å². The molecule has 0 radical (unpaired) electrons. The highest BCUT2D eigenvalue weighted by Crippen LogP contribution is 2.07. The molecule has 1 unspecified atom stereocenters. The van der Waals surface area contributed by atoms with Gasteiger partial charge in [0.05, 0.1) is 12.5 Å². The summed E-state index contributed by atoms with van der Waals surface area (Å²) in [6, 6.07) is 10.0. The Morgan fingerprint density at radius 1 is 1.36 bits per heavy atom. The molecule has 0 aliphatic carbocycles. The molecule has 1 aromatic carbocycles. The van der Waals surface area contributed by atoms with E-state index in [2.05, 4.69) is 6.58 Å². The Kier molecular flexibility index (Phi) is 20.8. The molecule has 0 aromatic heterocycles. The van der Waals surface area contributed by atoms with Crippen molar-refractivity contribution in [1.29, 1.82) is 0 Å². The lowest BCUT2D eigenvalue weighted by Gasteiger charge is -2.05. The van der Waals surface area contributed by atoms with E-state index in [0.717, 1.165) is 12.4 Å². The molecule has 0 spiro atoms. The van der Waals surface area contributed by atoms with Gasteiger partial charge in [0, 0.05) is 18.1 Å². The van der Waals surface area contributed by atoms with Gasteiger partial charge in [-0.3, -0.25) is 4.79 Å². The summed E-state index contributed by atoms with van der Waals surface area (Å²) in [5.74, 6) is 0.573. The van der Waals surface area contributed by atoms with Crippen LogP contribution in [0.4, 0.5) is 0 Å². The molecule has 1 atom stereocenters. The topological polar surface area (TPSA) is 46.5 Å². The average Bonchev–Trinajstić information content (AvgIpc) is 2.48. The van der Waals surface area contributed by atoms with Crippen molar-refractivity contribution < 1.29 is 14.6 Å². The molecular formula is C18H32O3S. The summed E-state index contributed by atoms with van der Waals surface area (Å²) in [7, 11) is 0. The minimum atomic E-state index is -0.723. The number of hydrogen-bond donors (Lipinski definition) is 1. The van der Waals surface area contributed by atoms with Gasteiger partial charge in [0.25, 0.3) is 0 Å². The van der Waals surface area contributed by atoms with E-state index in [0.29, 0.717) is 12.4 Å². The Morgan fingerprint density at radius 2 is 1.95 bits per heavy atom. The maximum atomic E-state index is 10.4. The van der Waals surface area contributed by atoms with Crippen LogP contribution in [0.3, 0.4) is 0 Å². The van der Waals surface area contributed by atoms with Gasteiger partial charge in [-0.15, -0.1) is 0 Å².